The van der Waals surface area contributed by atoms with Crippen LogP contribution in [0.2, 0.25) is 0 Å². The van der Waals surface area contributed by atoms with Gasteiger partial charge in [-0.3, -0.25) is 30.0 Å². The van der Waals surface area contributed by atoms with Crippen molar-refractivity contribution >= 4 is 29.7 Å². The van der Waals surface area contributed by atoms with E-state index in [1.807, 2.05) is 51.1 Å². The first-order valence-electron chi connectivity index (χ1n) is 21.0. The predicted octanol–water partition coefficient (Wildman–Crippen LogP) is 7.18. The Hall–Kier alpha value is -6.37. The van der Waals surface area contributed by atoms with Crippen LogP contribution in [0, 0.1) is 20.2 Å². The summed E-state index contributed by atoms with van der Waals surface area (Å²) < 4.78 is 33.3. The quantitative estimate of drug-likeness (QED) is 0.0722. The van der Waals surface area contributed by atoms with E-state index in [2.05, 4.69) is 4.90 Å². The number of nitrogens with zero attached hydrogens (tertiary/aromatic N) is 6. The van der Waals surface area contributed by atoms with Gasteiger partial charge in [-0.05, 0) is 51.5 Å². The van der Waals surface area contributed by atoms with E-state index < -0.39 is 32.7 Å². The van der Waals surface area contributed by atoms with E-state index in [1.54, 1.807) is 15.9 Å². The molecule has 3 aromatic carbocycles. The summed E-state index contributed by atoms with van der Waals surface area (Å²) in [6, 6.07) is 18.5. The van der Waals surface area contributed by atoms with Crippen molar-refractivity contribution in [2.24, 2.45) is 0 Å². The number of hydrogen-bond donors (Lipinski definition) is 0. The number of non-ortho nitro benzene ring substituents is 2. The standard InChI is InChI=1S/C24H29N3O6.C20H27N3O7/c1-31-22-9-8-20(27(29)30)16-19(22)17-26-18-24(33-23(26)28)10-13-25(14-11-24)12-5-15-32-21-6-3-2-4-7-21;1-19(2,3)29-17(24)21-9-7-20(8-10-21)13-22(18(25)30-20)12-14-11-15(23(26)27)5-6-16(14)28-4/h2-4,6-9,16H,5,10-15,17-18H2,1H3;5-6,11H,7-10,12-13H2,1-4H3. The molecule has 2 spiro atoms. The Morgan fingerprint density at radius 3 is 1.65 bits per heavy atom. The van der Waals surface area contributed by atoms with Gasteiger partial charge in [0.15, 0.2) is 0 Å². The summed E-state index contributed by atoms with van der Waals surface area (Å²) >= 11 is 0. The van der Waals surface area contributed by atoms with E-state index in [0.29, 0.717) is 68.3 Å². The van der Waals surface area contributed by atoms with Gasteiger partial charge in [0.25, 0.3) is 11.4 Å². The fourth-order valence-corrected chi connectivity index (χ4v) is 8.17. The average molecular weight is 877 g/mol. The Bertz CT molecular complexity index is 2110. The summed E-state index contributed by atoms with van der Waals surface area (Å²) in [6.07, 6.45) is 2.23. The number of ether oxygens (including phenoxy) is 6. The number of amides is 3. The highest BCUT2D eigenvalue weighted by Gasteiger charge is 2.49. The highest BCUT2D eigenvalue weighted by Crippen LogP contribution is 2.37. The summed E-state index contributed by atoms with van der Waals surface area (Å²) in [4.78, 5) is 65.8. The van der Waals surface area contributed by atoms with Crippen molar-refractivity contribution in [3.05, 3.63) is 98.1 Å². The molecule has 4 saturated heterocycles. The summed E-state index contributed by atoms with van der Waals surface area (Å²) in [7, 11) is 2.98. The number of benzene rings is 3. The monoisotopic (exact) mass is 876 g/mol. The minimum Gasteiger partial charge on any atom is -0.496 e. The number of rotatable bonds is 13. The SMILES string of the molecule is COc1ccc([N+](=O)[O-])cc1CN1CC2(CCN(C(=O)OC(C)(C)C)CC2)OC1=O.COc1ccc([N+](=O)[O-])cc1CN1CC2(CCN(CCCOc3ccccc3)CC2)OC1=O. The molecule has 63 heavy (non-hydrogen) atoms. The zero-order valence-corrected chi connectivity index (χ0v) is 36.4. The number of likely N-dealkylation sites (tertiary alicyclic amines) is 2. The van der Waals surface area contributed by atoms with E-state index in [0.717, 1.165) is 44.6 Å². The average Bonchev–Trinajstić information content (AvgIpc) is 3.72. The number of carbonyl (C=O) groups excluding carboxylic acids is 3. The van der Waals surface area contributed by atoms with E-state index in [1.165, 1.54) is 49.5 Å². The highest BCUT2D eigenvalue weighted by atomic mass is 16.6. The second-order valence-electron chi connectivity index (χ2n) is 17.1. The molecule has 3 aromatic rings. The number of methoxy groups -OCH3 is 2. The van der Waals surface area contributed by atoms with Gasteiger partial charge in [-0.15, -0.1) is 0 Å². The van der Waals surface area contributed by atoms with Crippen LogP contribution in [0.1, 0.15) is 64.0 Å². The van der Waals surface area contributed by atoms with Gasteiger partial charge in [0.2, 0.25) is 0 Å². The topological polar surface area (TPSA) is 206 Å². The molecule has 7 rings (SSSR count). The maximum Gasteiger partial charge on any atom is 0.410 e. The lowest BCUT2D eigenvalue weighted by atomic mass is 9.91. The first kappa shape index (κ1) is 46.1. The van der Waals surface area contributed by atoms with Crippen molar-refractivity contribution < 1.29 is 52.7 Å². The van der Waals surface area contributed by atoms with Crippen LogP contribution >= 0.6 is 0 Å². The third-order valence-corrected chi connectivity index (χ3v) is 11.5. The van der Waals surface area contributed by atoms with Crippen molar-refractivity contribution in [2.45, 2.75) is 82.8 Å². The van der Waals surface area contributed by atoms with Gasteiger partial charge in [-0.1, -0.05) is 18.2 Å². The zero-order valence-electron chi connectivity index (χ0n) is 36.4. The van der Waals surface area contributed by atoms with Crippen molar-refractivity contribution in [3.8, 4) is 17.2 Å². The number of piperidine rings is 2. The number of carbonyl (C=O) groups is 3. The Morgan fingerprint density at radius 1 is 0.730 bits per heavy atom. The molecule has 19 heteroatoms. The maximum atomic E-state index is 12.6. The molecule has 4 fully saturated rings. The number of para-hydroxylation sites is 1. The molecule has 19 nitrogen and oxygen atoms in total. The van der Waals surface area contributed by atoms with Gasteiger partial charge in [-0.25, -0.2) is 14.4 Å². The minimum atomic E-state index is -0.677. The third kappa shape index (κ3) is 12.0. The summed E-state index contributed by atoms with van der Waals surface area (Å²) in [5, 5.41) is 22.2. The molecule has 0 atom stereocenters. The molecule has 0 aromatic heterocycles. The van der Waals surface area contributed by atoms with E-state index in [9.17, 15) is 34.6 Å². The molecule has 0 unspecified atom stereocenters. The normalized spacial score (nSPS) is 18.0. The van der Waals surface area contributed by atoms with Gasteiger partial charge in [0.05, 0.1) is 56.9 Å². The maximum absolute atomic E-state index is 12.6. The van der Waals surface area contributed by atoms with Crippen LogP contribution in [-0.4, -0.2) is 131 Å². The molecule has 340 valence electrons. The van der Waals surface area contributed by atoms with Crippen LogP contribution in [0.15, 0.2) is 66.7 Å². The van der Waals surface area contributed by atoms with Crippen molar-refractivity contribution in [1.29, 1.82) is 0 Å². The van der Waals surface area contributed by atoms with Gasteiger partial charge in [0, 0.05) is 93.8 Å². The Labute approximate surface area is 366 Å². The molecular weight excluding hydrogens is 821 g/mol. The molecule has 0 bridgehead atoms. The largest absolute Gasteiger partial charge is 0.496 e. The van der Waals surface area contributed by atoms with Crippen LogP contribution in [0.3, 0.4) is 0 Å². The molecule has 0 N–H and O–H groups in total. The number of hydrogen-bond acceptors (Lipinski definition) is 14. The Kier molecular flexibility index (Phi) is 14.5. The van der Waals surface area contributed by atoms with E-state index in [4.69, 9.17) is 28.4 Å². The molecule has 0 radical (unpaired) electrons. The summed E-state index contributed by atoms with van der Waals surface area (Å²) in [6.45, 7) is 10.8. The third-order valence-electron chi connectivity index (χ3n) is 11.5. The molecule has 0 aliphatic carbocycles. The smallest absolute Gasteiger partial charge is 0.410 e. The van der Waals surface area contributed by atoms with Crippen LogP contribution < -0.4 is 14.2 Å². The lowest BCUT2D eigenvalue weighted by Crippen LogP contribution is -2.49. The minimum absolute atomic E-state index is 0.0300. The van der Waals surface area contributed by atoms with Gasteiger partial charge >= 0.3 is 18.3 Å². The highest BCUT2D eigenvalue weighted by molar-refractivity contribution is 5.72. The summed E-state index contributed by atoms with van der Waals surface area (Å²) in [5.41, 5.74) is -0.717. The first-order valence-corrected chi connectivity index (χ1v) is 21.0. The van der Waals surface area contributed by atoms with Crippen molar-refractivity contribution in [1.82, 2.24) is 19.6 Å². The van der Waals surface area contributed by atoms with Crippen LogP contribution in [-0.2, 0) is 27.3 Å². The fourth-order valence-electron chi connectivity index (χ4n) is 8.17. The molecule has 4 aliphatic rings. The van der Waals surface area contributed by atoms with Crippen molar-refractivity contribution in [2.75, 3.05) is 66.6 Å². The molecule has 3 amide bonds. The van der Waals surface area contributed by atoms with Crippen LogP contribution in [0.4, 0.5) is 25.8 Å². The Morgan fingerprint density at radius 2 is 1.21 bits per heavy atom. The first-order chi connectivity index (χ1) is 30.0. The van der Waals surface area contributed by atoms with Gasteiger partial charge < -0.3 is 38.2 Å². The molecule has 0 saturated carbocycles. The summed E-state index contributed by atoms with van der Waals surface area (Å²) in [5.74, 6) is 1.87. The zero-order chi connectivity index (χ0) is 45.4. The van der Waals surface area contributed by atoms with Gasteiger partial charge in [-0.2, -0.15) is 0 Å². The van der Waals surface area contributed by atoms with Crippen molar-refractivity contribution in [3.63, 3.8) is 0 Å². The van der Waals surface area contributed by atoms with E-state index in [-0.39, 0.29) is 36.7 Å². The fraction of sp³-hybridized carbons (Fsp3) is 0.523. The second-order valence-corrected chi connectivity index (χ2v) is 17.1. The molecular formula is C44H56N6O13. The van der Waals surface area contributed by atoms with Gasteiger partial charge in [0.1, 0.15) is 34.1 Å². The lowest BCUT2D eigenvalue weighted by Gasteiger charge is -2.37. The Balaban J connectivity index is 0.000000211. The second kappa shape index (κ2) is 19.8. The molecule has 4 heterocycles. The lowest BCUT2D eigenvalue weighted by molar-refractivity contribution is -0.385. The number of nitro benzene ring substituents is 2. The van der Waals surface area contributed by atoms with Crippen LogP contribution in [0.25, 0.3) is 0 Å². The molecule has 4 aliphatic heterocycles. The van der Waals surface area contributed by atoms with E-state index >= 15 is 0 Å². The predicted molar refractivity (Wildman–Crippen MR) is 228 cm³/mol. The number of nitro groups is 2. The van der Waals surface area contributed by atoms with Crippen LogP contribution in [0.5, 0.6) is 17.2 Å².